The average Bonchev–Trinajstić information content (AvgIpc) is 2.69. The van der Waals surface area contributed by atoms with Crippen LogP contribution in [0, 0.1) is 0 Å². The summed E-state index contributed by atoms with van der Waals surface area (Å²) in [6, 6.07) is 10.1. The van der Waals surface area contributed by atoms with Crippen molar-refractivity contribution in [1.29, 1.82) is 0 Å². The maximum Gasteiger partial charge on any atom is 0.316 e. The lowest BCUT2D eigenvalue weighted by Crippen LogP contribution is -2.56. The van der Waals surface area contributed by atoms with E-state index in [-0.39, 0.29) is 5.91 Å². The molecule has 2 aliphatic heterocycles. The fraction of sp³-hybridized carbons (Fsp3) is 0.333. The molecule has 0 saturated carbocycles. The number of carboxylic acids is 1. The number of amides is 1. The van der Waals surface area contributed by atoms with Crippen molar-refractivity contribution in [2.24, 2.45) is 0 Å². The van der Waals surface area contributed by atoms with Crippen molar-refractivity contribution in [2.45, 2.75) is 24.8 Å². The maximum absolute atomic E-state index is 13.1. The Morgan fingerprint density at radius 3 is 2.52 bits per heavy atom. The Morgan fingerprint density at radius 1 is 1.19 bits per heavy atom. The number of hydrogen-bond donors (Lipinski definition) is 1. The van der Waals surface area contributed by atoms with E-state index in [0.717, 1.165) is 11.1 Å². The van der Waals surface area contributed by atoms with E-state index in [1.807, 2.05) is 12.1 Å². The summed E-state index contributed by atoms with van der Waals surface area (Å²) in [7, 11) is 3.11. The molecule has 0 aromatic heterocycles. The monoisotopic (exact) mass is 367 g/mol. The molecule has 6 nitrogen and oxygen atoms in total. The van der Waals surface area contributed by atoms with Crippen molar-refractivity contribution in [3.63, 3.8) is 0 Å². The second kappa shape index (κ2) is 6.01. The quantitative estimate of drug-likeness (QED) is 0.903. The van der Waals surface area contributed by atoms with Crippen LogP contribution in [-0.4, -0.2) is 42.6 Å². The molecule has 2 heterocycles. The number of nitrogens with zero attached hydrogens (tertiary/aromatic N) is 1. The number of hydrogen-bond acceptors (Lipinski definition) is 4. The molecule has 0 radical (unpaired) electrons. The minimum atomic E-state index is -1.26. The van der Waals surface area contributed by atoms with Crippen LogP contribution < -0.4 is 9.47 Å². The Bertz CT molecular complexity index is 954. The molecular weight excluding hydrogens is 346 g/mol. The molecule has 0 aliphatic carbocycles. The summed E-state index contributed by atoms with van der Waals surface area (Å²) in [5.41, 5.74) is 1.52. The highest BCUT2D eigenvalue weighted by Gasteiger charge is 2.55. The van der Waals surface area contributed by atoms with Crippen molar-refractivity contribution in [1.82, 2.24) is 4.90 Å². The fourth-order valence-electron chi connectivity index (χ4n) is 4.44. The Kier molecular flexibility index (Phi) is 3.87. The van der Waals surface area contributed by atoms with Gasteiger partial charge in [0.05, 0.1) is 20.3 Å². The predicted octanol–water partition coefficient (Wildman–Crippen LogP) is 2.80. The summed E-state index contributed by atoms with van der Waals surface area (Å²) in [4.78, 5) is 27.3. The third kappa shape index (κ3) is 2.25. The standard InChI is InChI=1S/C21H21NO5/c1-21(20(24)25)15-7-5-4-6-13(15)19(23)22-9-8-12-10-16(26-2)17(27-3)11-14(12)18(21)22/h4-7,10-11,18H,8-9H2,1-3H3,(H,24,25)/t18-,21-/m0/s1. The number of methoxy groups -OCH3 is 2. The fourth-order valence-corrected chi connectivity index (χ4v) is 4.44. The van der Waals surface area contributed by atoms with Gasteiger partial charge in [-0.15, -0.1) is 0 Å². The number of ether oxygens (including phenoxy) is 2. The van der Waals surface area contributed by atoms with E-state index in [1.165, 1.54) is 0 Å². The molecule has 6 heteroatoms. The number of carboxylic acid groups (broad SMARTS) is 1. The van der Waals surface area contributed by atoms with Crippen LogP contribution in [0.3, 0.4) is 0 Å². The molecular formula is C21H21NO5. The summed E-state index contributed by atoms with van der Waals surface area (Å²) in [6.45, 7) is 2.16. The van der Waals surface area contributed by atoms with Crippen molar-refractivity contribution >= 4 is 11.9 Å². The Morgan fingerprint density at radius 2 is 1.85 bits per heavy atom. The van der Waals surface area contributed by atoms with Crippen LogP contribution in [0.2, 0.25) is 0 Å². The smallest absolute Gasteiger partial charge is 0.316 e. The SMILES string of the molecule is COc1cc2c(cc1OC)[C@@H]1N(CC2)C(=O)c2ccccc2[C@]1(C)C(=O)O. The molecule has 0 fully saturated rings. The Labute approximate surface area is 157 Å². The largest absolute Gasteiger partial charge is 0.493 e. The van der Waals surface area contributed by atoms with Crippen LogP contribution in [0.25, 0.3) is 0 Å². The first-order chi connectivity index (χ1) is 12.9. The van der Waals surface area contributed by atoms with Gasteiger partial charge in [0.15, 0.2) is 11.5 Å². The van der Waals surface area contributed by atoms with Gasteiger partial charge in [-0.25, -0.2) is 0 Å². The third-order valence-electron chi connectivity index (χ3n) is 5.84. The molecule has 2 aromatic carbocycles. The molecule has 1 amide bonds. The van der Waals surface area contributed by atoms with Crippen LogP contribution in [-0.2, 0) is 16.6 Å². The topological polar surface area (TPSA) is 76.1 Å². The van der Waals surface area contributed by atoms with E-state index in [4.69, 9.17) is 9.47 Å². The second-order valence-corrected chi connectivity index (χ2v) is 7.11. The summed E-state index contributed by atoms with van der Waals surface area (Å²) < 4.78 is 10.8. The predicted molar refractivity (Wildman–Crippen MR) is 98.5 cm³/mol. The highest BCUT2D eigenvalue weighted by atomic mass is 16.5. The van der Waals surface area contributed by atoms with Gasteiger partial charge in [0.1, 0.15) is 5.41 Å². The van der Waals surface area contributed by atoms with E-state index in [9.17, 15) is 14.7 Å². The first-order valence-electron chi connectivity index (χ1n) is 8.82. The number of carbonyl (C=O) groups excluding carboxylic acids is 1. The van der Waals surface area contributed by atoms with Crippen LogP contribution >= 0.6 is 0 Å². The van der Waals surface area contributed by atoms with E-state index >= 15 is 0 Å². The van der Waals surface area contributed by atoms with Crippen molar-refractivity contribution in [3.05, 3.63) is 58.7 Å². The Balaban J connectivity index is 2.01. The first-order valence-corrected chi connectivity index (χ1v) is 8.82. The minimum absolute atomic E-state index is 0.130. The average molecular weight is 367 g/mol. The summed E-state index contributed by atoms with van der Waals surface area (Å²) >= 11 is 0. The lowest BCUT2D eigenvalue weighted by molar-refractivity contribution is -0.146. The first kappa shape index (κ1) is 17.4. The molecule has 4 rings (SSSR count). The number of rotatable bonds is 3. The molecule has 0 unspecified atom stereocenters. The summed E-state index contributed by atoms with van der Waals surface area (Å²) in [6.07, 6.45) is 0.635. The number of carbonyl (C=O) groups is 2. The molecule has 2 aliphatic rings. The summed E-state index contributed by atoms with van der Waals surface area (Å²) in [5.74, 6) is 0.0382. The van der Waals surface area contributed by atoms with E-state index in [0.29, 0.717) is 35.6 Å². The number of aliphatic carboxylic acids is 1. The third-order valence-corrected chi connectivity index (χ3v) is 5.84. The lowest BCUT2D eigenvalue weighted by atomic mass is 9.66. The van der Waals surface area contributed by atoms with E-state index in [2.05, 4.69) is 0 Å². The number of benzene rings is 2. The zero-order chi connectivity index (χ0) is 19.3. The van der Waals surface area contributed by atoms with Crippen molar-refractivity contribution in [2.75, 3.05) is 20.8 Å². The van der Waals surface area contributed by atoms with Gasteiger partial charge in [-0.1, -0.05) is 18.2 Å². The molecule has 1 N–H and O–H groups in total. The molecule has 140 valence electrons. The molecule has 27 heavy (non-hydrogen) atoms. The van der Waals surface area contributed by atoms with Crippen LogP contribution in [0.4, 0.5) is 0 Å². The normalized spacial score (nSPS) is 23.1. The van der Waals surface area contributed by atoms with E-state index < -0.39 is 17.4 Å². The van der Waals surface area contributed by atoms with Crippen LogP contribution in [0.15, 0.2) is 36.4 Å². The zero-order valence-electron chi connectivity index (χ0n) is 15.5. The van der Waals surface area contributed by atoms with Gasteiger partial charge in [-0.2, -0.15) is 0 Å². The molecule has 2 atom stereocenters. The van der Waals surface area contributed by atoms with Crippen LogP contribution in [0.5, 0.6) is 11.5 Å². The molecule has 0 spiro atoms. The van der Waals surface area contributed by atoms with Gasteiger partial charge < -0.3 is 19.5 Å². The van der Waals surface area contributed by atoms with Gasteiger partial charge >= 0.3 is 5.97 Å². The summed E-state index contributed by atoms with van der Waals surface area (Å²) in [5, 5.41) is 10.2. The highest BCUT2D eigenvalue weighted by Crippen LogP contribution is 2.51. The van der Waals surface area contributed by atoms with Crippen molar-refractivity contribution < 1.29 is 24.2 Å². The van der Waals surface area contributed by atoms with E-state index in [1.54, 1.807) is 50.3 Å². The minimum Gasteiger partial charge on any atom is -0.493 e. The van der Waals surface area contributed by atoms with Gasteiger partial charge in [0, 0.05) is 12.1 Å². The Hall–Kier alpha value is -3.02. The highest BCUT2D eigenvalue weighted by molar-refractivity contribution is 6.02. The number of fused-ring (bicyclic) bond motifs is 4. The van der Waals surface area contributed by atoms with Gasteiger partial charge in [0.2, 0.25) is 0 Å². The van der Waals surface area contributed by atoms with Gasteiger partial charge in [-0.3, -0.25) is 9.59 Å². The second-order valence-electron chi connectivity index (χ2n) is 7.11. The van der Waals surface area contributed by atoms with Crippen LogP contribution in [0.1, 0.15) is 40.0 Å². The molecule has 0 saturated heterocycles. The lowest BCUT2D eigenvalue weighted by Gasteiger charge is -2.49. The zero-order valence-corrected chi connectivity index (χ0v) is 15.5. The maximum atomic E-state index is 13.1. The molecule has 2 aromatic rings. The van der Waals surface area contributed by atoms with Gasteiger partial charge in [-0.05, 0) is 48.2 Å². The van der Waals surface area contributed by atoms with Gasteiger partial charge in [0.25, 0.3) is 5.91 Å². The van der Waals surface area contributed by atoms with Crippen molar-refractivity contribution in [3.8, 4) is 11.5 Å². The molecule has 0 bridgehead atoms.